The maximum atomic E-state index is 13.8. The first-order valence-corrected chi connectivity index (χ1v) is 12.8. The number of esters is 1. The van der Waals surface area contributed by atoms with Gasteiger partial charge in [-0.05, 0) is 36.8 Å². The predicted octanol–water partition coefficient (Wildman–Crippen LogP) is 3.09. The largest absolute Gasteiger partial charge is 0.534 e. The number of benzene rings is 1. The van der Waals surface area contributed by atoms with Crippen molar-refractivity contribution < 1.29 is 44.8 Å². The number of ether oxygens (including phenoxy) is 2. The van der Waals surface area contributed by atoms with Crippen molar-refractivity contribution in [1.29, 1.82) is 0 Å². The highest BCUT2D eigenvalue weighted by Crippen LogP contribution is 2.50. The third kappa shape index (κ3) is 4.11. The number of anilines is 1. The van der Waals surface area contributed by atoms with Crippen molar-refractivity contribution in [3.63, 3.8) is 0 Å². The van der Waals surface area contributed by atoms with Gasteiger partial charge in [-0.25, -0.2) is 4.79 Å². The first-order valence-electron chi connectivity index (χ1n) is 11.4. The van der Waals surface area contributed by atoms with Gasteiger partial charge in [0.15, 0.2) is 11.5 Å². The zero-order valence-electron chi connectivity index (χ0n) is 19.9. The molecule has 1 aromatic rings. The maximum absolute atomic E-state index is 13.8. The van der Waals surface area contributed by atoms with E-state index in [0.29, 0.717) is 31.5 Å². The molecule has 36 heavy (non-hydrogen) atoms. The molecule has 3 heterocycles. The fraction of sp³-hybridized carbons (Fsp3) is 0.565. The summed E-state index contributed by atoms with van der Waals surface area (Å²) in [5.41, 5.74) is -6.55. The Labute approximate surface area is 206 Å². The molecule has 4 rings (SSSR count). The molecule has 4 atom stereocenters. The lowest BCUT2D eigenvalue weighted by Crippen LogP contribution is -2.57. The van der Waals surface area contributed by atoms with Crippen LogP contribution in [0.15, 0.2) is 30.0 Å². The van der Waals surface area contributed by atoms with Crippen molar-refractivity contribution in [3.05, 3.63) is 35.6 Å². The van der Waals surface area contributed by atoms with Crippen LogP contribution in [0.25, 0.3) is 0 Å². The van der Waals surface area contributed by atoms with Crippen LogP contribution in [0.4, 0.5) is 18.9 Å². The Morgan fingerprint density at radius 1 is 1.31 bits per heavy atom. The zero-order chi connectivity index (χ0) is 26.5. The lowest BCUT2D eigenvalue weighted by Gasteiger charge is -2.45. The fourth-order valence-corrected chi connectivity index (χ4v) is 6.22. The second-order valence-electron chi connectivity index (χ2n) is 9.16. The number of hydrogen-bond acceptors (Lipinski definition) is 9. The van der Waals surface area contributed by atoms with E-state index in [4.69, 9.17) is 9.47 Å². The quantitative estimate of drug-likeness (QED) is 0.194. The van der Waals surface area contributed by atoms with Gasteiger partial charge in [0.2, 0.25) is 0 Å². The van der Waals surface area contributed by atoms with Gasteiger partial charge >= 0.3 is 21.6 Å². The predicted molar refractivity (Wildman–Crippen MR) is 122 cm³/mol. The van der Waals surface area contributed by atoms with Gasteiger partial charge in [-0.15, -0.1) is 0 Å². The molecule has 1 aromatic carbocycles. The molecular formula is C23H27F3N2O7S. The van der Waals surface area contributed by atoms with E-state index >= 15 is 0 Å². The molecule has 0 radical (unpaired) electrons. The van der Waals surface area contributed by atoms with Crippen LogP contribution in [0, 0.1) is 11.8 Å². The van der Waals surface area contributed by atoms with Crippen LogP contribution in [0.2, 0.25) is 0 Å². The Morgan fingerprint density at radius 3 is 2.64 bits per heavy atom. The molecule has 0 aliphatic carbocycles. The lowest BCUT2D eigenvalue weighted by molar-refractivity contribution is -0.137. The van der Waals surface area contributed by atoms with Crippen LogP contribution >= 0.6 is 0 Å². The first kappa shape index (κ1) is 26.3. The number of nitrogens with zero attached hydrogens (tertiary/aromatic N) is 1. The number of methoxy groups -OCH3 is 2. The highest BCUT2D eigenvalue weighted by atomic mass is 32.2. The minimum Gasteiger partial charge on any atom is -0.504 e. The van der Waals surface area contributed by atoms with Gasteiger partial charge < -0.3 is 19.0 Å². The van der Waals surface area contributed by atoms with Gasteiger partial charge in [-0.3, -0.25) is 9.69 Å². The average Bonchev–Trinajstić information content (AvgIpc) is 3.33. The molecule has 2 saturated heterocycles. The molecule has 198 valence electrons. The number of rotatable bonds is 6. The van der Waals surface area contributed by atoms with Crippen molar-refractivity contribution in [2.24, 2.45) is 11.8 Å². The van der Waals surface area contributed by atoms with E-state index in [2.05, 4.69) is 14.4 Å². The summed E-state index contributed by atoms with van der Waals surface area (Å²) in [6.45, 7) is 3.13. The summed E-state index contributed by atoms with van der Waals surface area (Å²) in [6, 6.07) is 3.43. The number of fused-ring (bicyclic) bond motifs is 3. The molecule has 3 aliphatic heterocycles. The van der Waals surface area contributed by atoms with Crippen molar-refractivity contribution in [2.45, 2.75) is 43.3 Å². The summed E-state index contributed by atoms with van der Waals surface area (Å²) in [4.78, 5) is 28.5. The number of ketones is 1. The van der Waals surface area contributed by atoms with Crippen LogP contribution in [0.1, 0.15) is 36.5 Å². The van der Waals surface area contributed by atoms with Crippen molar-refractivity contribution >= 4 is 27.6 Å². The molecule has 0 amide bonds. The Morgan fingerprint density at radius 2 is 2.03 bits per heavy atom. The van der Waals surface area contributed by atoms with E-state index in [-0.39, 0.29) is 23.1 Å². The van der Waals surface area contributed by atoms with Crippen molar-refractivity contribution in [2.75, 3.05) is 32.6 Å². The minimum atomic E-state index is -5.97. The van der Waals surface area contributed by atoms with Gasteiger partial charge in [0.25, 0.3) is 0 Å². The lowest BCUT2D eigenvalue weighted by atomic mass is 9.72. The highest BCUT2D eigenvalue weighted by Gasteiger charge is 2.60. The van der Waals surface area contributed by atoms with Crippen LogP contribution in [0.5, 0.6) is 5.75 Å². The zero-order valence-corrected chi connectivity index (χ0v) is 20.7. The second-order valence-corrected chi connectivity index (χ2v) is 10.7. The third-order valence-corrected chi connectivity index (χ3v) is 8.37. The normalized spacial score (nSPS) is 28.4. The summed E-state index contributed by atoms with van der Waals surface area (Å²) in [5.74, 6) is -1.97. The molecule has 0 aromatic heterocycles. The molecule has 0 saturated carbocycles. The number of nitrogens with one attached hydrogen (secondary N) is 1. The summed E-state index contributed by atoms with van der Waals surface area (Å²) >= 11 is 0. The second kappa shape index (κ2) is 9.25. The first-order chi connectivity index (χ1) is 16.9. The fourth-order valence-electron chi connectivity index (χ4n) is 5.75. The van der Waals surface area contributed by atoms with Crippen LogP contribution in [-0.2, 0) is 24.4 Å². The summed E-state index contributed by atoms with van der Waals surface area (Å²) in [7, 11) is -3.27. The molecule has 9 nitrogen and oxygen atoms in total. The van der Waals surface area contributed by atoms with E-state index in [0.717, 1.165) is 12.5 Å². The number of halogens is 3. The standard InChI is InChI=1S/C23H27F3N2O7S/c1-4-13-11-28-9-8-22(18(28)10-14(13)15(12-33-2)21(30)34-3)20(29)19-16(27-22)6-5-7-17(19)35-36(31,32)23(24,25)26/h5-7,12-14,18,27H,4,8-11H2,1-3H3/b15-12+/t13-,14+,18?,22+/m1/s1. The van der Waals surface area contributed by atoms with Gasteiger partial charge in [0.05, 0.1) is 31.6 Å². The van der Waals surface area contributed by atoms with Gasteiger partial charge in [-0.2, -0.15) is 21.6 Å². The molecule has 2 fully saturated rings. The number of Topliss-reactive ketones (excluding diaryl/α,β-unsaturated/α-hetero) is 1. The van der Waals surface area contributed by atoms with Gasteiger partial charge in [0, 0.05) is 24.8 Å². The number of piperidine rings is 1. The van der Waals surface area contributed by atoms with E-state index in [1.165, 1.54) is 32.6 Å². The molecule has 0 bridgehead atoms. The van der Waals surface area contributed by atoms with E-state index in [1.54, 1.807) is 0 Å². The third-order valence-electron chi connectivity index (χ3n) is 7.41. The Balaban J connectivity index is 1.71. The molecule has 3 aliphatic rings. The molecule has 1 unspecified atom stereocenters. The summed E-state index contributed by atoms with van der Waals surface area (Å²) < 4.78 is 76.7. The molecule has 13 heteroatoms. The van der Waals surface area contributed by atoms with Crippen molar-refractivity contribution in [1.82, 2.24) is 4.90 Å². The van der Waals surface area contributed by atoms with Crippen LogP contribution in [-0.4, -0.2) is 69.5 Å². The van der Waals surface area contributed by atoms with E-state index in [1.807, 2.05) is 6.92 Å². The SMILES string of the molecule is CC[C@@H]1CN2CC[C@]3(Nc4cccc(OS(=O)(=O)C(F)(F)F)c4C3=O)C2C[C@@H]1/C(=C\OC)C(=O)OC. The summed E-state index contributed by atoms with van der Waals surface area (Å²) in [5, 5.41) is 3.18. The van der Waals surface area contributed by atoms with Crippen LogP contribution in [0.3, 0.4) is 0 Å². The summed E-state index contributed by atoms with van der Waals surface area (Å²) in [6.07, 6.45) is 2.84. The molecular weight excluding hydrogens is 505 g/mol. The van der Waals surface area contributed by atoms with Crippen LogP contribution < -0.4 is 9.50 Å². The average molecular weight is 533 g/mol. The Hall–Kier alpha value is -2.80. The number of carbonyl (C=O) groups is 2. The topological polar surface area (TPSA) is 111 Å². The molecule has 1 N–H and O–H groups in total. The maximum Gasteiger partial charge on any atom is 0.534 e. The number of carbonyl (C=O) groups excluding carboxylic acids is 2. The van der Waals surface area contributed by atoms with Gasteiger partial charge in [0.1, 0.15) is 5.54 Å². The van der Waals surface area contributed by atoms with Gasteiger partial charge in [-0.1, -0.05) is 19.4 Å². The Kier molecular flexibility index (Phi) is 6.75. The highest BCUT2D eigenvalue weighted by molar-refractivity contribution is 7.88. The smallest absolute Gasteiger partial charge is 0.504 e. The number of alkyl halides is 3. The molecule has 1 spiro atoms. The van der Waals surface area contributed by atoms with E-state index < -0.39 is 44.7 Å². The Bertz CT molecular complexity index is 1200. The van der Waals surface area contributed by atoms with E-state index in [9.17, 15) is 31.2 Å². The number of hydrogen-bond donors (Lipinski definition) is 1. The van der Waals surface area contributed by atoms with Crippen molar-refractivity contribution in [3.8, 4) is 5.75 Å². The minimum absolute atomic E-state index is 0.0756. The monoisotopic (exact) mass is 532 g/mol.